The number of hydrogen-bond donors (Lipinski definition) is 0. The maximum Gasteiger partial charge on any atom is 0.137 e. The number of ketones is 1. The summed E-state index contributed by atoms with van der Waals surface area (Å²) in [6.45, 7) is 4.51. The van der Waals surface area contributed by atoms with E-state index in [0.29, 0.717) is 24.5 Å². The minimum Gasteiger partial charge on any atom is -0.299 e. The summed E-state index contributed by atoms with van der Waals surface area (Å²) in [6.07, 6.45) is 3.38. The monoisotopic (exact) mass is 252 g/mol. The molecular weight excluding hydrogens is 232 g/mol. The van der Waals surface area contributed by atoms with Crippen molar-refractivity contribution in [1.82, 2.24) is 0 Å². The molecule has 0 saturated heterocycles. The van der Waals surface area contributed by atoms with Crippen LogP contribution < -0.4 is 0 Å². The van der Waals surface area contributed by atoms with Gasteiger partial charge in [-0.25, -0.2) is 0 Å². The van der Waals surface area contributed by atoms with Crippen molar-refractivity contribution in [3.05, 3.63) is 47.0 Å². The van der Waals surface area contributed by atoms with E-state index in [1.807, 2.05) is 0 Å². The molecule has 1 aliphatic carbocycles. The fourth-order valence-corrected chi connectivity index (χ4v) is 3.01. The van der Waals surface area contributed by atoms with Gasteiger partial charge in [0.15, 0.2) is 0 Å². The first kappa shape index (κ1) is 12.4. The molecule has 0 aromatic heterocycles. The second-order valence-electron chi connectivity index (χ2n) is 6.12. The second-order valence-corrected chi connectivity index (χ2v) is 6.12. The Morgan fingerprint density at radius 2 is 1.79 bits per heavy atom. The van der Waals surface area contributed by atoms with Crippen molar-refractivity contribution in [2.24, 2.45) is 5.92 Å². The second kappa shape index (κ2) is 4.80. The predicted octanol–water partition coefficient (Wildman–Crippen LogP) is 4.10. The van der Waals surface area contributed by atoms with Gasteiger partial charge in [-0.3, -0.25) is 4.79 Å². The molecule has 0 heterocycles. The predicted molar refractivity (Wildman–Crippen MR) is 79.5 cm³/mol. The van der Waals surface area contributed by atoms with Crippen molar-refractivity contribution in [3.63, 3.8) is 0 Å². The van der Waals surface area contributed by atoms with Gasteiger partial charge in [0.05, 0.1) is 0 Å². The number of Topliss-reactive ketones (excluding diaryl/α,β-unsaturated/α-hetero) is 1. The molecule has 1 nitrogen and oxygen atoms in total. The summed E-state index contributed by atoms with van der Waals surface area (Å²) in [5.74, 6) is 1.07. The van der Waals surface area contributed by atoms with Crippen LogP contribution in [0.25, 0.3) is 10.8 Å². The van der Waals surface area contributed by atoms with E-state index in [4.69, 9.17) is 0 Å². The van der Waals surface area contributed by atoms with Crippen LogP contribution in [0.3, 0.4) is 0 Å². The number of benzene rings is 2. The van der Waals surface area contributed by atoms with Crippen molar-refractivity contribution in [2.75, 3.05) is 0 Å². The molecule has 0 spiro atoms. The first-order valence-corrected chi connectivity index (χ1v) is 7.18. The van der Waals surface area contributed by atoms with Crippen LogP contribution in [0.15, 0.2) is 30.3 Å². The maximum atomic E-state index is 11.5. The Labute approximate surface area is 114 Å². The lowest BCUT2D eigenvalue weighted by Crippen LogP contribution is -2.13. The largest absolute Gasteiger partial charge is 0.299 e. The Kier molecular flexibility index (Phi) is 3.14. The smallest absolute Gasteiger partial charge is 0.137 e. The lowest BCUT2D eigenvalue weighted by atomic mass is 9.88. The van der Waals surface area contributed by atoms with Gasteiger partial charge in [-0.15, -0.1) is 0 Å². The van der Waals surface area contributed by atoms with Crippen LogP contribution in [0.5, 0.6) is 0 Å². The molecule has 98 valence electrons. The fraction of sp³-hybridized carbons (Fsp3) is 0.389. The molecule has 0 radical (unpaired) electrons. The lowest BCUT2D eigenvalue weighted by Gasteiger charge is -2.16. The first-order valence-electron chi connectivity index (χ1n) is 7.18. The Morgan fingerprint density at radius 1 is 1.00 bits per heavy atom. The van der Waals surface area contributed by atoms with Gasteiger partial charge in [-0.1, -0.05) is 44.2 Å². The van der Waals surface area contributed by atoms with Crippen molar-refractivity contribution < 1.29 is 4.79 Å². The van der Waals surface area contributed by atoms with Gasteiger partial charge in [0.25, 0.3) is 0 Å². The molecule has 2 aromatic rings. The van der Waals surface area contributed by atoms with E-state index in [1.54, 1.807) is 0 Å². The van der Waals surface area contributed by atoms with Crippen LogP contribution in [0.1, 0.15) is 37.0 Å². The molecule has 0 saturated carbocycles. The molecule has 0 unspecified atom stereocenters. The van der Waals surface area contributed by atoms with E-state index in [0.717, 1.165) is 12.8 Å². The Hall–Kier alpha value is -1.63. The van der Waals surface area contributed by atoms with Gasteiger partial charge in [0, 0.05) is 12.8 Å². The van der Waals surface area contributed by atoms with E-state index < -0.39 is 0 Å². The number of rotatable bonds is 2. The first-order chi connectivity index (χ1) is 9.11. The van der Waals surface area contributed by atoms with Crippen molar-refractivity contribution in [1.29, 1.82) is 0 Å². The van der Waals surface area contributed by atoms with Crippen molar-refractivity contribution in [3.8, 4) is 0 Å². The number of fused-ring (bicyclic) bond motifs is 2. The van der Waals surface area contributed by atoms with E-state index in [1.165, 1.54) is 27.5 Å². The van der Waals surface area contributed by atoms with E-state index in [-0.39, 0.29) is 0 Å². The van der Waals surface area contributed by atoms with Crippen LogP contribution in [-0.2, 0) is 24.1 Å². The van der Waals surface area contributed by atoms with Gasteiger partial charge < -0.3 is 0 Å². The molecule has 1 heteroatoms. The van der Waals surface area contributed by atoms with Crippen molar-refractivity contribution >= 4 is 16.6 Å². The summed E-state index contributed by atoms with van der Waals surface area (Å²) in [7, 11) is 0. The number of carbonyl (C=O) groups excluding carboxylic acids is 1. The van der Waals surface area contributed by atoms with Crippen LogP contribution in [0.4, 0.5) is 0 Å². The third-order valence-electron chi connectivity index (χ3n) is 3.93. The van der Waals surface area contributed by atoms with E-state index in [9.17, 15) is 4.79 Å². The van der Waals surface area contributed by atoms with Gasteiger partial charge in [-0.05, 0) is 46.2 Å². The van der Waals surface area contributed by atoms with E-state index >= 15 is 0 Å². The highest BCUT2D eigenvalue weighted by Crippen LogP contribution is 2.26. The lowest BCUT2D eigenvalue weighted by molar-refractivity contribution is -0.118. The van der Waals surface area contributed by atoms with Gasteiger partial charge in [0.1, 0.15) is 5.78 Å². The number of hydrogen-bond acceptors (Lipinski definition) is 1. The molecule has 19 heavy (non-hydrogen) atoms. The van der Waals surface area contributed by atoms with E-state index in [2.05, 4.69) is 44.2 Å². The molecule has 0 fully saturated rings. The molecule has 3 rings (SSSR count). The minimum atomic E-state index is 0.378. The zero-order valence-corrected chi connectivity index (χ0v) is 11.7. The summed E-state index contributed by atoms with van der Waals surface area (Å²) in [4.78, 5) is 11.5. The topological polar surface area (TPSA) is 17.1 Å². The minimum absolute atomic E-state index is 0.378. The molecule has 0 N–H and O–H groups in total. The summed E-state index contributed by atoms with van der Waals surface area (Å²) < 4.78 is 0. The fourth-order valence-electron chi connectivity index (χ4n) is 3.01. The molecule has 0 aliphatic heterocycles. The van der Waals surface area contributed by atoms with Crippen LogP contribution in [-0.4, -0.2) is 5.78 Å². The highest BCUT2D eigenvalue weighted by atomic mass is 16.1. The van der Waals surface area contributed by atoms with Gasteiger partial charge in [0.2, 0.25) is 0 Å². The third kappa shape index (κ3) is 2.56. The zero-order chi connectivity index (χ0) is 13.4. The highest BCUT2D eigenvalue weighted by molar-refractivity contribution is 5.89. The van der Waals surface area contributed by atoms with Crippen LogP contribution >= 0.6 is 0 Å². The Balaban J connectivity index is 2.05. The average molecular weight is 252 g/mol. The maximum absolute atomic E-state index is 11.5. The van der Waals surface area contributed by atoms with Crippen LogP contribution in [0, 0.1) is 5.92 Å². The van der Waals surface area contributed by atoms with Gasteiger partial charge in [-0.2, -0.15) is 0 Å². The number of aryl methyl sites for hydroxylation is 1. The van der Waals surface area contributed by atoms with Crippen LogP contribution in [0.2, 0.25) is 0 Å². The molecular formula is C18H20O. The quantitative estimate of drug-likeness (QED) is 0.786. The van der Waals surface area contributed by atoms with Gasteiger partial charge >= 0.3 is 0 Å². The highest BCUT2D eigenvalue weighted by Gasteiger charge is 2.16. The summed E-state index contributed by atoms with van der Waals surface area (Å²) in [5, 5.41) is 2.59. The molecule has 0 amide bonds. The Bertz CT molecular complexity index is 637. The standard InChI is InChI=1S/C18H20O/c1-12(2)7-13-3-4-14-10-17-11-18(19)6-5-15(17)9-16(14)8-13/h3-4,8-10,12H,5-7,11H2,1-2H3. The summed E-state index contributed by atoms with van der Waals surface area (Å²) in [6, 6.07) is 11.2. The normalized spacial score (nSPS) is 15.0. The zero-order valence-electron chi connectivity index (χ0n) is 11.7. The van der Waals surface area contributed by atoms with Crippen molar-refractivity contribution in [2.45, 2.75) is 39.5 Å². The molecule has 0 bridgehead atoms. The number of carbonyl (C=O) groups is 1. The molecule has 1 aliphatic rings. The Morgan fingerprint density at radius 3 is 2.58 bits per heavy atom. The molecule has 0 atom stereocenters. The SMILES string of the molecule is CC(C)Cc1ccc2cc3c(cc2c1)CCC(=O)C3. The average Bonchev–Trinajstić information content (AvgIpc) is 2.35. The molecule has 2 aromatic carbocycles. The summed E-state index contributed by atoms with van der Waals surface area (Å²) in [5.41, 5.74) is 4.02. The third-order valence-corrected chi connectivity index (χ3v) is 3.93. The summed E-state index contributed by atoms with van der Waals surface area (Å²) >= 11 is 0.